The maximum atomic E-state index is 13.1. The van der Waals surface area contributed by atoms with Crippen molar-refractivity contribution in [1.82, 2.24) is 4.90 Å². The number of fused-ring (bicyclic) bond motifs is 1. The second-order valence-electron chi connectivity index (χ2n) is 3.02. The van der Waals surface area contributed by atoms with Crippen LogP contribution in [0, 0.1) is 5.82 Å². The van der Waals surface area contributed by atoms with Gasteiger partial charge in [0.1, 0.15) is 5.82 Å². The largest absolute Gasteiger partial charge is 0.465 e. The van der Waals surface area contributed by atoms with Crippen LogP contribution in [0.1, 0.15) is 11.1 Å². The van der Waals surface area contributed by atoms with Crippen LogP contribution in [0.15, 0.2) is 31.4 Å². The fourth-order valence-corrected chi connectivity index (χ4v) is 1.52. The van der Waals surface area contributed by atoms with Gasteiger partial charge in [-0.05, 0) is 11.6 Å². The molecule has 15 heavy (non-hydrogen) atoms. The van der Waals surface area contributed by atoms with Gasteiger partial charge in [-0.1, -0.05) is 12.1 Å². The van der Waals surface area contributed by atoms with Crippen LogP contribution in [0.5, 0.6) is 0 Å². The fourth-order valence-electron chi connectivity index (χ4n) is 1.52. The Morgan fingerprint density at radius 1 is 1.40 bits per heavy atom. The summed E-state index contributed by atoms with van der Waals surface area (Å²) < 4.78 is 13.1. The maximum Gasteiger partial charge on any atom is 0.407 e. The van der Waals surface area contributed by atoms with Gasteiger partial charge in [0.25, 0.3) is 0 Å². The Bertz CT molecular complexity index is 379. The van der Waals surface area contributed by atoms with Gasteiger partial charge in [0.05, 0.1) is 6.54 Å². The van der Waals surface area contributed by atoms with E-state index in [1.807, 2.05) is 0 Å². The molecule has 1 aromatic rings. The predicted molar refractivity (Wildman–Crippen MR) is 54.9 cm³/mol. The summed E-state index contributed by atoms with van der Waals surface area (Å²) in [6.07, 6.45) is -1.00. The predicted octanol–water partition coefficient (Wildman–Crippen LogP) is 2.62. The second-order valence-corrected chi connectivity index (χ2v) is 3.02. The first-order valence-corrected chi connectivity index (χ1v) is 4.42. The lowest BCUT2D eigenvalue weighted by atomic mass is 10.1. The van der Waals surface area contributed by atoms with Gasteiger partial charge in [-0.2, -0.15) is 0 Å². The number of nitrogens with zero attached hydrogens (tertiary/aromatic N) is 1. The Morgan fingerprint density at radius 3 is 2.60 bits per heavy atom. The Hall–Kier alpha value is -1.84. The molecule has 2 rings (SSSR count). The lowest BCUT2D eigenvalue weighted by Crippen LogP contribution is -2.22. The SMILES string of the molecule is C=C.O=C(O)N1Cc2cccc(F)c2C1. The minimum Gasteiger partial charge on any atom is -0.465 e. The second kappa shape index (κ2) is 4.59. The number of amides is 1. The average Bonchev–Trinajstić information content (AvgIpc) is 2.66. The molecule has 0 atom stereocenters. The van der Waals surface area contributed by atoms with Crippen molar-refractivity contribution in [3.05, 3.63) is 48.3 Å². The van der Waals surface area contributed by atoms with Crippen LogP contribution in [-0.2, 0) is 13.1 Å². The Morgan fingerprint density at radius 2 is 2.07 bits per heavy atom. The first-order chi connectivity index (χ1) is 7.18. The van der Waals surface area contributed by atoms with E-state index >= 15 is 0 Å². The zero-order valence-corrected chi connectivity index (χ0v) is 8.24. The summed E-state index contributed by atoms with van der Waals surface area (Å²) in [6, 6.07) is 4.70. The number of hydrogen-bond acceptors (Lipinski definition) is 1. The van der Waals surface area contributed by atoms with E-state index in [0.29, 0.717) is 12.1 Å². The normalized spacial score (nSPS) is 12.7. The van der Waals surface area contributed by atoms with Crippen molar-refractivity contribution in [1.29, 1.82) is 0 Å². The molecule has 4 heteroatoms. The summed E-state index contributed by atoms with van der Waals surface area (Å²) >= 11 is 0. The lowest BCUT2D eigenvalue weighted by molar-refractivity contribution is 0.145. The summed E-state index contributed by atoms with van der Waals surface area (Å²) in [5.74, 6) is -0.318. The highest BCUT2D eigenvalue weighted by Gasteiger charge is 2.24. The Kier molecular flexibility index (Phi) is 3.44. The average molecular weight is 209 g/mol. The smallest absolute Gasteiger partial charge is 0.407 e. The highest BCUT2D eigenvalue weighted by Crippen LogP contribution is 2.24. The van der Waals surface area contributed by atoms with Crippen LogP contribution in [0.4, 0.5) is 9.18 Å². The van der Waals surface area contributed by atoms with Crippen LogP contribution in [0.25, 0.3) is 0 Å². The summed E-state index contributed by atoms with van der Waals surface area (Å²) in [5, 5.41) is 8.68. The van der Waals surface area contributed by atoms with E-state index in [2.05, 4.69) is 13.2 Å². The number of rotatable bonds is 0. The molecule has 0 saturated carbocycles. The van der Waals surface area contributed by atoms with Crippen LogP contribution in [-0.4, -0.2) is 16.1 Å². The molecule has 0 radical (unpaired) electrons. The molecule has 0 aromatic heterocycles. The highest BCUT2D eigenvalue weighted by molar-refractivity contribution is 5.66. The van der Waals surface area contributed by atoms with Crippen LogP contribution in [0.2, 0.25) is 0 Å². The lowest BCUT2D eigenvalue weighted by Gasteiger charge is -2.08. The fraction of sp³-hybridized carbons (Fsp3) is 0.182. The van der Waals surface area contributed by atoms with Gasteiger partial charge in [-0.15, -0.1) is 13.2 Å². The van der Waals surface area contributed by atoms with Crippen molar-refractivity contribution in [3.63, 3.8) is 0 Å². The van der Waals surface area contributed by atoms with E-state index in [1.54, 1.807) is 12.1 Å². The molecule has 0 bridgehead atoms. The summed E-state index contributed by atoms with van der Waals surface area (Å²) in [5.41, 5.74) is 1.27. The van der Waals surface area contributed by atoms with E-state index in [0.717, 1.165) is 5.56 Å². The molecule has 1 N–H and O–H groups in total. The number of halogens is 1. The van der Waals surface area contributed by atoms with Crippen molar-refractivity contribution >= 4 is 6.09 Å². The van der Waals surface area contributed by atoms with Gasteiger partial charge in [0.2, 0.25) is 0 Å². The molecule has 0 aliphatic carbocycles. The highest BCUT2D eigenvalue weighted by atomic mass is 19.1. The van der Waals surface area contributed by atoms with Crippen molar-refractivity contribution in [2.45, 2.75) is 13.1 Å². The topological polar surface area (TPSA) is 40.5 Å². The molecule has 1 amide bonds. The standard InChI is InChI=1S/C9H8FNO2.C2H4/c10-8-3-1-2-6-4-11(9(12)13)5-7(6)8;1-2/h1-3H,4-5H2,(H,12,13);1-2H2. The van der Waals surface area contributed by atoms with Gasteiger partial charge in [0.15, 0.2) is 0 Å². The maximum absolute atomic E-state index is 13.1. The molecule has 1 heterocycles. The monoisotopic (exact) mass is 209 g/mol. The van der Waals surface area contributed by atoms with Crippen LogP contribution >= 0.6 is 0 Å². The first kappa shape index (κ1) is 11.2. The minimum atomic E-state index is -1.00. The van der Waals surface area contributed by atoms with Gasteiger partial charge >= 0.3 is 6.09 Å². The van der Waals surface area contributed by atoms with Crippen LogP contribution < -0.4 is 0 Å². The number of benzene rings is 1. The zero-order chi connectivity index (χ0) is 11.4. The number of carboxylic acid groups (broad SMARTS) is 1. The van der Waals surface area contributed by atoms with Gasteiger partial charge in [-0.3, -0.25) is 4.90 Å². The molecule has 80 valence electrons. The molecule has 1 aliphatic heterocycles. The van der Waals surface area contributed by atoms with E-state index in [4.69, 9.17) is 5.11 Å². The van der Waals surface area contributed by atoms with Crippen molar-refractivity contribution in [3.8, 4) is 0 Å². The van der Waals surface area contributed by atoms with Gasteiger partial charge in [0, 0.05) is 12.1 Å². The Balaban J connectivity index is 0.000000531. The first-order valence-electron chi connectivity index (χ1n) is 4.42. The van der Waals surface area contributed by atoms with Gasteiger partial charge in [-0.25, -0.2) is 9.18 Å². The van der Waals surface area contributed by atoms with E-state index in [-0.39, 0.29) is 12.4 Å². The third-order valence-corrected chi connectivity index (χ3v) is 2.20. The summed E-state index contributed by atoms with van der Waals surface area (Å²) in [4.78, 5) is 11.8. The molecule has 0 unspecified atom stereocenters. The number of carbonyl (C=O) groups is 1. The van der Waals surface area contributed by atoms with Crippen molar-refractivity contribution in [2.75, 3.05) is 0 Å². The molecular weight excluding hydrogens is 197 g/mol. The molecule has 0 spiro atoms. The van der Waals surface area contributed by atoms with Gasteiger partial charge < -0.3 is 5.11 Å². The minimum absolute atomic E-state index is 0.164. The summed E-state index contributed by atoms with van der Waals surface area (Å²) in [7, 11) is 0. The molecular formula is C11H12FNO2. The third-order valence-electron chi connectivity index (χ3n) is 2.20. The summed E-state index contributed by atoms with van der Waals surface area (Å²) in [6.45, 7) is 6.46. The zero-order valence-electron chi connectivity index (χ0n) is 8.24. The molecule has 0 saturated heterocycles. The molecule has 1 aliphatic rings. The third kappa shape index (κ3) is 2.15. The van der Waals surface area contributed by atoms with E-state index in [9.17, 15) is 9.18 Å². The molecule has 1 aromatic carbocycles. The van der Waals surface area contributed by atoms with Crippen molar-refractivity contribution < 1.29 is 14.3 Å². The van der Waals surface area contributed by atoms with E-state index in [1.165, 1.54) is 11.0 Å². The Labute approximate surface area is 87.4 Å². The van der Waals surface area contributed by atoms with Crippen molar-refractivity contribution in [2.24, 2.45) is 0 Å². The van der Waals surface area contributed by atoms with Crippen LogP contribution in [0.3, 0.4) is 0 Å². The molecule has 3 nitrogen and oxygen atoms in total. The quantitative estimate of drug-likeness (QED) is 0.667. The molecule has 0 fully saturated rings. The van der Waals surface area contributed by atoms with E-state index < -0.39 is 6.09 Å². The number of hydrogen-bond donors (Lipinski definition) is 1.